The zero-order chi connectivity index (χ0) is 18.5. The molecule has 0 aliphatic carbocycles. The Balaban J connectivity index is 1.42. The molecule has 136 valence electrons. The quantitative estimate of drug-likeness (QED) is 0.795. The number of hydrogen-bond donors (Lipinski definition) is 0. The third-order valence-electron chi connectivity index (χ3n) is 4.72. The van der Waals surface area contributed by atoms with E-state index in [4.69, 9.17) is 9.47 Å². The first kappa shape index (κ1) is 17.3. The van der Waals surface area contributed by atoms with Crippen LogP contribution < -0.4 is 0 Å². The molecule has 27 heavy (non-hydrogen) atoms. The molecule has 0 amide bonds. The Morgan fingerprint density at radius 1 is 0.815 bits per heavy atom. The van der Waals surface area contributed by atoms with E-state index in [0.717, 1.165) is 12.8 Å². The maximum Gasteiger partial charge on any atom is 0.211 e. The van der Waals surface area contributed by atoms with Crippen LogP contribution in [0.4, 0.5) is 0 Å². The average Bonchev–Trinajstić information content (AvgIpc) is 3.35. The SMILES string of the molecule is N#CC(C1=NC(Cc2ccccc2)CO1)C1=NC(Cc2ccccc2)CO1. The highest BCUT2D eigenvalue weighted by molar-refractivity contribution is 6.04. The van der Waals surface area contributed by atoms with Crippen LogP contribution in [0.15, 0.2) is 70.6 Å². The molecule has 2 aliphatic rings. The molecule has 2 atom stereocenters. The van der Waals surface area contributed by atoms with E-state index in [-0.39, 0.29) is 12.1 Å². The van der Waals surface area contributed by atoms with Gasteiger partial charge in [-0.15, -0.1) is 0 Å². The van der Waals surface area contributed by atoms with Crippen molar-refractivity contribution in [2.24, 2.45) is 15.9 Å². The molecule has 0 saturated carbocycles. The minimum atomic E-state index is -0.661. The number of rotatable bonds is 6. The molecule has 0 bridgehead atoms. The highest BCUT2D eigenvalue weighted by atomic mass is 16.5. The van der Waals surface area contributed by atoms with Crippen molar-refractivity contribution in [3.8, 4) is 6.07 Å². The minimum absolute atomic E-state index is 0.0281. The van der Waals surface area contributed by atoms with Crippen LogP contribution in [-0.4, -0.2) is 37.1 Å². The lowest BCUT2D eigenvalue weighted by Crippen LogP contribution is -2.23. The molecule has 2 aliphatic heterocycles. The Morgan fingerprint density at radius 2 is 1.26 bits per heavy atom. The van der Waals surface area contributed by atoms with Gasteiger partial charge in [0.05, 0.1) is 18.2 Å². The summed E-state index contributed by atoms with van der Waals surface area (Å²) in [6, 6.07) is 22.7. The predicted molar refractivity (Wildman–Crippen MR) is 104 cm³/mol. The molecule has 0 fully saturated rings. The van der Waals surface area contributed by atoms with Crippen LogP contribution in [0.2, 0.25) is 0 Å². The number of nitrogens with zero attached hydrogens (tertiary/aromatic N) is 3. The third kappa shape index (κ3) is 4.17. The fourth-order valence-electron chi connectivity index (χ4n) is 3.39. The molecule has 0 spiro atoms. The topological polar surface area (TPSA) is 67.0 Å². The standard InChI is InChI=1S/C22H21N3O2/c23-13-20(21-24-18(14-26-21)11-16-7-3-1-4-8-16)22-25-19(15-27-22)12-17-9-5-2-6-10-17/h1-10,18-20H,11-12,14-15H2. The van der Waals surface area contributed by atoms with E-state index in [1.807, 2.05) is 36.4 Å². The van der Waals surface area contributed by atoms with E-state index in [0.29, 0.717) is 25.0 Å². The number of hydrogen-bond acceptors (Lipinski definition) is 5. The molecular weight excluding hydrogens is 338 g/mol. The van der Waals surface area contributed by atoms with Gasteiger partial charge in [-0.2, -0.15) is 5.26 Å². The van der Waals surface area contributed by atoms with Gasteiger partial charge in [-0.1, -0.05) is 60.7 Å². The summed E-state index contributed by atoms with van der Waals surface area (Å²) in [6.45, 7) is 0.978. The first-order valence-corrected chi connectivity index (χ1v) is 9.20. The van der Waals surface area contributed by atoms with Crippen molar-refractivity contribution >= 4 is 11.8 Å². The zero-order valence-corrected chi connectivity index (χ0v) is 15.0. The highest BCUT2D eigenvalue weighted by Gasteiger charge is 2.34. The third-order valence-corrected chi connectivity index (χ3v) is 4.72. The van der Waals surface area contributed by atoms with Crippen LogP contribution >= 0.6 is 0 Å². The maximum absolute atomic E-state index is 9.63. The Labute approximate surface area is 159 Å². The van der Waals surface area contributed by atoms with Gasteiger partial charge in [0.15, 0.2) is 5.92 Å². The Kier molecular flexibility index (Phi) is 5.15. The largest absolute Gasteiger partial charge is 0.477 e. The van der Waals surface area contributed by atoms with Crippen LogP contribution in [0, 0.1) is 17.2 Å². The second-order valence-electron chi connectivity index (χ2n) is 6.81. The summed E-state index contributed by atoms with van der Waals surface area (Å²) >= 11 is 0. The van der Waals surface area contributed by atoms with Crippen LogP contribution in [0.3, 0.4) is 0 Å². The molecule has 5 nitrogen and oxygen atoms in total. The number of aliphatic imine (C=N–C) groups is 2. The number of nitriles is 1. The molecule has 5 heteroatoms. The van der Waals surface area contributed by atoms with E-state index < -0.39 is 5.92 Å². The van der Waals surface area contributed by atoms with Crippen molar-refractivity contribution in [2.45, 2.75) is 24.9 Å². The van der Waals surface area contributed by atoms with Gasteiger partial charge in [0.1, 0.15) is 13.2 Å². The summed E-state index contributed by atoms with van der Waals surface area (Å²) in [5.41, 5.74) is 2.42. The molecule has 2 heterocycles. The lowest BCUT2D eigenvalue weighted by molar-refractivity contribution is 0.290. The van der Waals surface area contributed by atoms with Gasteiger partial charge in [-0.3, -0.25) is 0 Å². The molecule has 2 unspecified atom stereocenters. The fraction of sp³-hybridized carbons (Fsp3) is 0.318. The van der Waals surface area contributed by atoms with Crippen LogP contribution in [0.5, 0.6) is 0 Å². The van der Waals surface area contributed by atoms with Gasteiger partial charge < -0.3 is 9.47 Å². The van der Waals surface area contributed by atoms with E-state index in [9.17, 15) is 5.26 Å². The van der Waals surface area contributed by atoms with Crippen molar-refractivity contribution < 1.29 is 9.47 Å². The molecule has 0 saturated heterocycles. The summed E-state index contributed by atoms with van der Waals surface area (Å²) in [5.74, 6) is 0.196. The Bertz CT molecular complexity index is 804. The lowest BCUT2D eigenvalue weighted by Gasteiger charge is -2.07. The summed E-state index contributed by atoms with van der Waals surface area (Å²) in [4.78, 5) is 9.24. The molecular formula is C22H21N3O2. The predicted octanol–water partition coefficient (Wildman–Crippen LogP) is 3.21. The summed E-state index contributed by atoms with van der Waals surface area (Å²) in [7, 11) is 0. The highest BCUT2D eigenvalue weighted by Crippen LogP contribution is 2.21. The molecule has 4 rings (SSSR count). The van der Waals surface area contributed by atoms with Crippen molar-refractivity contribution in [3.05, 3.63) is 71.8 Å². The van der Waals surface area contributed by atoms with Crippen molar-refractivity contribution in [3.63, 3.8) is 0 Å². The smallest absolute Gasteiger partial charge is 0.211 e. The van der Waals surface area contributed by atoms with Gasteiger partial charge in [0.2, 0.25) is 11.8 Å². The first-order valence-electron chi connectivity index (χ1n) is 9.20. The van der Waals surface area contributed by atoms with Gasteiger partial charge >= 0.3 is 0 Å². The van der Waals surface area contributed by atoms with Crippen molar-refractivity contribution in [2.75, 3.05) is 13.2 Å². The zero-order valence-electron chi connectivity index (χ0n) is 15.0. The van der Waals surface area contributed by atoms with Crippen molar-refractivity contribution in [1.82, 2.24) is 0 Å². The second kappa shape index (κ2) is 8.05. The number of benzene rings is 2. The Morgan fingerprint density at radius 3 is 1.67 bits per heavy atom. The van der Waals surface area contributed by atoms with Crippen LogP contribution in [0.25, 0.3) is 0 Å². The summed E-state index contributed by atoms with van der Waals surface area (Å²) in [6.07, 6.45) is 1.60. The molecule has 0 radical (unpaired) electrons. The van der Waals surface area contributed by atoms with Gasteiger partial charge in [0, 0.05) is 0 Å². The first-order chi connectivity index (χ1) is 13.3. The Hall–Kier alpha value is -3.13. The molecule has 2 aromatic rings. The maximum atomic E-state index is 9.63. The van der Waals surface area contributed by atoms with Crippen LogP contribution in [-0.2, 0) is 22.3 Å². The second-order valence-corrected chi connectivity index (χ2v) is 6.81. The lowest BCUT2D eigenvalue weighted by atomic mass is 10.1. The van der Waals surface area contributed by atoms with Gasteiger partial charge in [-0.05, 0) is 24.0 Å². The summed E-state index contributed by atoms with van der Waals surface area (Å²) in [5, 5.41) is 9.63. The normalized spacial score (nSPS) is 22.2. The van der Waals surface area contributed by atoms with E-state index in [1.54, 1.807) is 0 Å². The number of ether oxygens (including phenoxy) is 2. The van der Waals surface area contributed by atoms with E-state index >= 15 is 0 Å². The minimum Gasteiger partial charge on any atom is -0.477 e. The van der Waals surface area contributed by atoms with Gasteiger partial charge in [0.25, 0.3) is 0 Å². The van der Waals surface area contributed by atoms with Crippen molar-refractivity contribution in [1.29, 1.82) is 5.26 Å². The molecule has 0 N–H and O–H groups in total. The van der Waals surface area contributed by atoms with Gasteiger partial charge in [-0.25, -0.2) is 9.98 Å². The summed E-state index contributed by atoms with van der Waals surface area (Å²) < 4.78 is 11.4. The van der Waals surface area contributed by atoms with Crippen LogP contribution in [0.1, 0.15) is 11.1 Å². The van der Waals surface area contributed by atoms with E-state index in [1.165, 1.54) is 11.1 Å². The average molecular weight is 359 g/mol. The van der Waals surface area contributed by atoms with E-state index in [2.05, 4.69) is 40.3 Å². The molecule has 2 aromatic carbocycles. The molecule has 0 aromatic heterocycles. The monoisotopic (exact) mass is 359 g/mol. The fourth-order valence-corrected chi connectivity index (χ4v) is 3.39.